The number of halogens is 1. The lowest BCUT2D eigenvalue weighted by molar-refractivity contribution is 0.0734. The minimum absolute atomic E-state index is 0.0596. The number of carbonyl (C=O) groups excluding carboxylic acids is 2. The van der Waals surface area contributed by atoms with E-state index >= 15 is 0 Å². The number of hydrogen-bond acceptors (Lipinski definition) is 2. The fourth-order valence-corrected chi connectivity index (χ4v) is 3.51. The lowest BCUT2D eigenvalue weighted by atomic mass is 9.99. The Morgan fingerprint density at radius 2 is 1.57 bits per heavy atom. The van der Waals surface area contributed by atoms with Gasteiger partial charge in [-0.15, -0.1) is 0 Å². The first kappa shape index (κ1) is 18.3. The van der Waals surface area contributed by atoms with Crippen molar-refractivity contribution in [2.45, 2.75) is 13.0 Å². The number of carbonyl (C=O) groups is 2. The van der Waals surface area contributed by atoms with Crippen LogP contribution in [0.1, 0.15) is 31.8 Å². The Morgan fingerprint density at radius 3 is 2.36 bits per heavy atom. The third-order valence-corrected chi connectivity index (χ3v) is 5.14. The molecule has 1 N–H and O–H groups in total. The summed E-state index contributed by atoms with van der Waals surface area (Å²) in [6, 6.07) is 21.9. The Kier molecular flexibility index (Phi) is 5.13. The number of nitrogens with zero attached hydrogens (tertiary/aromatic N) is 1. The molecule has 0 saturated heterocycles. The standard InChI is InChI=1S/C23H19ClN2O2/c24-20-8-10-21(11-9-20)25-22(27)17-6-3-7-18(14-17)23(28)26-13-12-16-4-1-2-5-19(16)15-26/h1-11,14H,12-13,15H2,(H,25,27). The quantitative estimate of drug-likeness (QED) is 0.698. The molecule has 1 heterocycles. The molecule has 0 spiro atoms. The van der Waals surface area contributed by atoms with E-state index in [1.807, 2.05) is 17.0 Å². The number of amides is 2. The van der Waals surface area contributed by atoms with E-state index in [0.717, 1.165) is 6.42 Å². The molecule has 0 unspecified atom stereocenters. The summed E-state index contributed by atoms with van der Waals surface area (Å²) in [7, 11) is 0. The lowest BCUT2D eigenvalue weighted by Crippen LogP contribution is -2.36. The first-order valence-electron chi connectivity index (χ1n) is 9.13. The van der Waals surface area contributed by atoms with Crippen LogP contribution in [0.25, 0.3) is 0 Å². The van der Waals surface area contributed by atoms with E-state index < -0.39 is 0 Å². The van der Waals surface area contributed by atoms with E-state index in [4.69, 9.17) is 11.6 Å². The largest absolute Gasteiger partial charge is 0.334 e. The van der Waals surface area contributed by atoms with Gasteiger partial charge in [-0.2, -0.15) is 0 Å². The molecule has 0 aliphatic carbocycles. The van der Waals surface area contributed by atoms with Crippen LogP contribution in [0, 0.1) is 0 Å². The van der Waals surface area contributed by atoms with Crippen LogP contribution >= 0.6 is 11.6 Å². The van der Waals surface area contributed by atoms with Crippen LogP contribution in [-0.4, -0.2) is 23.3 Å². The van der Waals surface area contributed by atoms with Gasteiger partial charge in [-0.3, -0.25) is 9.59 Å². The van der Waals surface area contributed by atoms with E-state index in [0.29, 0.717) is 34.9 Å². The molecule has 5 heteroatoms. The number of hydrogen-bond donors (Lipinski definition) is 1. The smallest absolute Gasteiger partial charge is 0.255 e. The molecule has 4 nitrogen and oxygen atoms in total. The Labute approximate surface area is 168 Å². The molecule has 140 valence electrons. The molecule has 4 rings (SSSR count). The van der Waals surface area contributed by atoms with Crippen molar-refractivity contribution in [1.82, 2.24) is 4.90 Å². The summed E-state index contributed by atoms with van der Waals surface area (Å²) in [4.78, 5) is 27.3. The van der Waals surface area contributed by atoms with E-state index in [1.165, 1.54) is 11.1 Å². The second kappa shape index (κ2) is 7.87. The summed E-state index contributed by atoms with van der Waals surface area (Å²) in [6.45, 7) is 1.27. The average molecular weight is 391 g/mol. The first-order chi connectivity index (χ1) is 13.6. The Morgan fingerprint density at radius 1 is 0.857 bits per heavy atom. The maximum atomic E-state index is 13.0. The predicted molar refractivity (Wildman–Crippen MR) is 111 cm³/mol. The highest BCUT2D eigenvalue weighted by molar-refractivity contribution is 6.30. The van der Waals surface area contributed by atoms with Gasteiger partial charge in [0.05, 0.1) is 0 Å². The minimum atomic E-state index is -0.263. The Bertz CT molecular complexity index is 1030. The maximum absolute atomic E-state index is 13.0. The Balaban J connectivity index is 1.49. The van der Waals surface area contributed by atoms with Crippen LogP contribution in [0.3, 0.4) is 0 Å². The third-order valence-electron chi connectivity index (χ3n) is 4.89. The summed E-state index contributed by atoms with van der Waals surface area (Å²) in [5.74, 6) is -0.323. The number of nitrogens with one attached hydrogen (secondary N) is 1. The van der Waals surface area contributed by atoms with Crippen molar-refractivity contribution in [1.29, 1.82) is 0 Å². The molecule has 3 aromatic rings. The topological polar surface area (TPSA) is 49.4 Å². The van der Waals surface area contributed by atoms with Gasteiger partial charge < -0.3 is 10.2 Å². The van der Waals surface area contributed by atoms with E-state index in [-0.39, 0.29) is 11.8 Å². The molecule has 3 aromatic carbocycles. The molecule has 0 bridgehead atoms. The summed E-state index contributed by atoms with van der Waals surface area (Å²) < 4.78 is 0. The van der Waals surface area contributed by atoms with Gasteiger partial charge in [0, 0.05) is 34.9 Å². The first-order valence-corrected chi connectivity index (χ1v) is 9.51. The number of benzene rings is 3. The second-order valence-corrected chi connectivity index (χ2v) is 7.22. The van der Waals surface area contributed by atoms with Crippen LogP contribution in [0.2, 0.25) is 5.02 Å². The van der Waals surface area contributed by atoms with Crippen molar-refractivity contribution in [3.8, 4) is 0 Å². The fourth-order valence-electron chi connectivity index (χ4n) is 3.38. The summed E-state index contributed by atoms with van der Waals surface area (Å²) in [5.41, 5.74) is 4.08. The molecule has 28 heavy (non-hydrogen) atoms. The van der Waals surface area contributed by atoms with Crippen molar-refractivity contribution >= 4 is 29.1 Å². The lowest BCUT2D eigenvalue weighted by Gasteiger charge is -2.29. The number of fused-ring (bicyclic) bond motifs is 1. The van der Waals surface area contributed by atoms with Gasteiger partial charge in [0.15, 0.2) is 0 Å². The van der Waals surface area contributed by atoms with Gasteiger partial charge in [0.1, 0.15) is 0 Å². The summed E-state index contributed by atoms with van der Waals surface area (Å²) in [6.07, 6.45) is 0.846. The third kappa shape index (κ3) is 3.92. The van der Waals surface area contributed by atoms with E-state index in [9.17, 15) is 9.59 Å². The predicted octanol–water partition coefficient (Wildman–Crippen LogP) is 4.79. The number of rotatable bonds is 3. The van der Waals surface area contributed by atoms with Gasteiger partial charge in [-0.05, 0) is 60.0 Å². The zero-order valence-corrected chi connectivity index (χ0v) is 15.9. The molecule has 0 saturated carbocycles. The van der Waals surface area contributed by atoms with Gasteiger partial charge in [-0.1, -0.05) is 41.9 Å². The Hall–Kier alpha value is -3.11. The van der Waals surface area contributed by atoms with Crippen molar-refractivity contribution in [3.05, 3.63) is 100 Å². The molecule has 0 fully saturated rings. The molecule has 1 aliphatic heterocycles. The zero-order valence-electron chi connectivity index (χ0n) is 15.2. The van der Waals surface area contributed by atoms with Crippen LogP contribution in [0.15, 0.2) is 72.8 Å². The molecule has 0 atom stereocenters. The van der Waals surface area contributed by atoms with E-state index in [1.54, 1.807) is 48.5 Å². The van der Waals surface area contributed by atoms with Crippen LogP contribution in [-0.2, 0) is 13.0 Å². The van der Waals surface area contributed by atoms with Gasteiger partial charge >= 0.3 is 0 Å². The second-order valence-electron chi connectivity index (χ2n) is 6.79. The SMILES string of the molecule is O=C(Nc1ccc(Cl)cc1)c1cccc(C(=O)N2CCc3ccccc3C2)c1. The molecular formula is C23H19ClN2O2. The van der Waals surface area contributed by atoms with Crippen LogP contribution < -0.4 is 5.32 Å². The highest BCUT2D eigenvalue weighted by Crippen LogP contribution is 2.21. The summed E-state index contributed by atoms with van der Waals surface area (Å²) >= 11 is 5.87. The maximum Gasteiger partial charge on any atom is 0.255 e. The normalized spacial score (nSPS) is 13.0. The van der Waals surface area contributed by atoms with E-state index in [2.05, 4.69) is 17.4 Å². The minimum Gasteiger partial charge on any atom is -0.334 e. The molecule has 0 aromatic heterocycles. The van der Waals surface area contributed by atoms with Crippen LogP contribution in [0.5, 0.6) is 0 Å². The van der Waals surface area contributed by atoms with Crippen molar-refractivity contribution in [3.63, 3.8) is 0 Å². The fraction of sp³-hybridized carbons (Fsp3) is 0.130. The van der Waals surface area contributed by atoms with Crippen molar-refractivity contribution in [2.75, 3.05) is 11.9 Å². The summed E-state index contributed by atoms with van der Waals surface area (Å²) in [5, 5.41) is 3.43. The molecule has 0 radical (unpaired) electrons. The zero-order chi connectivity index (χ0) is 19.5. The molecule has 1 aliphatic rings. The highest BCUT2D eigenvalue weighted by atomic mass is 35.5. The van der Waals surface area contributed by atoms with Gasteiger partial charge in [-0.25, -0.2) is 0 Å². The van der Waals surface area contributed by atoms with Crippen molar-refractivity contribution in [2.24, 2.45) is 0 Å². The van der Waals surface area contributed by atoms with Gasteiger partial charge in [0.2, 0.25) is 0 Å². The highest BCUT2D eigenvalue weighted by Gasteiger charge is 2.22. The molecular weight excluding hydrogens is 372 g/mol. The average Bonchev–Trinajstić information content (AvgIpc) is 2.74. The van der Waals surface area contributed by atoms with Crippen LogP contribution in [0.4, 0.5) is 5.69 Å². The van der Waals surface area contributed by atoms with Crippen molar-refractivity contribution < 1.29 is 9.59 Å². The number of anilines is 1. The molecule has 2 amide bonds. The van der Waals surface area contributed by atoms with Gasteiger partial charge in [0.25, 0.3) is 11.8 Å². The monoisotopic (exact) mass is 390 g/mol.